The van der Waals surface area contributed by atoms with Gasteiger partial charge in [0.1, 0.15) is 0 Å². The van der Waals surface area contributed by atoms with Crippen molar-refractivity contribution in [2.24, 2.45) is 0 Å². The highest BCUT2D eigenvalue weighted by atomic mass is 79.9. The van der Waals surface area contributed by atoms with E-state index in [0.29, 0.717) is 13.0 Å². The molecule has 3 nitrogen and oxygen atoms in total. The fraction of sp³-hybridized carbons (Fsp3) is 0.417. The third kappa shape index (κ3) is 3.85. The standard InChI is InChI=1S/C12H17BrN2O/c1-9-8-10(13)4-5-11(9)14-7-6-12(16)15(2)3/h4-5,8,14H,6-7H2,1-3H3. The number of aryl methyl sites for hydroxylation is 1. The van der Waals surface area contributed by atoms with Gasteiger partial charge >= 0.3 is 0 Å². The van der Waals surface area contributed by atoms with E-state index in [1.165, 1.54) is 5.56 Å². The molecular formula is C12H17BrN2O. The first-order chi connectivity index (χ1) is 7.50. The Morgan fingerprint density at radius 3 is 2.69 bits per heavy atom. The van der Waals surface area contributed by atoms with Crippen LogP contribution in [0.15, 0.2) is 22.7 Å². The first kappa shape index (κ1) is 13.0. The highest BCUT2D eigenvalue weighted by Crippen LogP contribution is 2.19. The van der Waals surface area contributed by atoms with E-state index in [0.717, 1.165) is 10.2 Å². The lowest BCUT2D eigenvalue weighted by Gasteiger charge is -2.12. The van der Waals surface area contributed by atoms with Crippen molar-refractivity contribution in [1.82, 2.24) is 4.90 Å². The Hall–Kier alpha value is -1.03. The summed E-state index contributed by atoms with van der Waals surface area (Å²) in [6.07, 6.45) is 0.516. The van der Waals surface area contributed by atoms with Gasteiger partial charge in [-0.2, -0.15) is 0 Å². The molecule has 0 unspecified atom stereocenters. The van der Waals surface area contributed by atoms with E-state index in [1.807, 2.05) is 19.1 Å². The topological polar surface area (TPSA) is 32.3 Å². The van der Waals surface area contributed by atoms with Crippen molar-refractivity contribution >= 4 is 27.5 Å². The summed E-state index contributed by atoms with van der Waals surface area (Å²) in [4.78, 5) is 13.0. The second-order valence-corrected chi connectivity index (χ2v) is 4.84. The Bertz CT molecular complexity index is 377. The zero-order chi connectivity index (χ0) is 12.1. The van der Waals surface area contributed by atoms with Gasteiger partial charge in [0.15, 0.2) is 0 Å². The van der Waals surface area contributed by atoms with E-state index in [9.17, 15) is 4.79 Å². The molecule has 1 aromatic rings. The van der Waals surface area contributed by atoms with Crippen molar-refractivity contribution in [3.8, 4) is 0 Å². The second-order valence-electron chi connectivity index (χ2n) is 3.92. The summed E-state index contributed by atoms with van der Waals surface area (Å²) in [5.41, 5.74) is 2.25. The van der Waals surface area contributed by atoms with Crippen LogP contribution >= 0.6 is 15.9 Å². The summed E-state index contributed by atoms with van der Waals surface area (Å²) < 4.78 is 1.07. The van der Waals surface area contributed by atoms with Crippen LogP contribution in [-0.2, 0) is 4.79 Å². The van der Waals surface area contributed by atoms with E-state index >= 15 is 0 Å². The molecule has 0 fully saturated rings. The predicted molar refractivity (Wildman–Crippen MR) is 70.7 cm³/mol. The molecule has 88 valence electrons. The molecule has 1 amide bonds. The minimum Gasteiger partial charge on any atom is -0.384 e. The molecule has 0 aromatic heterocycles. The summed E-state index contributed by atoms with van der Waals surface area (Å²) >= 11 is 3.42. The second kappa shape index (κ2) is 5.89. The smallest absolute Gasteiger partial charge is 0.223 e. The van der Waals surface area contributed by atoms with Crippen molar-refractivity contribution in [2.75, 3.05) is 26.0 Å². The van der Waals surface area contributed by atoms with E-state index in [4.69, 9.17) is 0 Å². The molecule has 1 rings (SSSR count). The minimum atomic E-state index is 0.141. The molecule has 1 aromatic carbocycles. The van der Waals surface area contributed by atoms with Crippen LogP contribution in [0.4, 0.5) is 5.69 Å². The third-order valence-electron chi connectivity index (χ3n) is 2.34. The number of amides is 1. The maximum absolute atomic E-state index is 11.4. The lowest BCUT2D eigenvalue weighted by atomic mass is 10.2. The van der Waals surface area contributed by atoms with Gasteiger partial charge in [-0.15, -0.1) is 0 Å². The molecule has 0 aliphatic rings. The maximum atomic E-state index is 11.4. The number of anilines is 1. The van der Waals surface area contributed by atoms with Crippen LogP contribution in [0.2, 0.25) is 0 Å². The predicted octanol–water partition coefficient (Wildman–Crippen LogP) is 2.65. The van der Waals surface area contributed by atoms with E-state index in [2.05, 4.69) is 27.3 Å². The number of hydrogen-bond acceptors (Lipinski definition) is 2. The maximum Gasteiger partial charge on any atom is 0.223 e. The van der Waals surface area contributed by atoms with Crippen LogP contribution in [0, 0.1) is 6.92 Å². The number of hydrogen-bond donors (Lipinski definition) is 1. The SMILES string of the molecule is Cc1cc(Br)ccc1NCCC(=O)N(C)C. The van der Waals surface area contributed by atoms with Crippen molar-refractivity contribution in [2.45, 2.75) is 13.3 Å². The van der Waals surface area contributed by atoms with Crippen molar-refractivity contribution in [3.63, 3.8) is 0 Å². The lowest BCUT2D eigenvalue weighted by Crippen LogP contribution is -2.23. The molecular weight excluding hydrogens is 268 g/mol. The van der Waals surface area contributed by atoms with Crippen LogP contribution in [-0.4, -0.2) is 31.4 Å². The van der Waals surface area contributed by atoms with Gasteiger partial charge in [-0.1, -0.05) is 15.9 Å². The molecule has 1 N–H and O–H groups in total. The molecule has 0 saturated carbocycles. The first-order valence-corrected chi connectivity index (χ1v) is 6.00. The van der Waals surface area contributed by atoms with Gasteiger partial charge in [0, 0.05) is 37.2 Å². The largest absolute Gasteiger partial charge is 0.384 e. The number of benzene rings is 1. The monoisotopic (exact) mass is 284 g/mol. The molecule has 0 heterocycles. The molecule has 0 spiro atoms. The number of nitrogens with one attached hydrogen (secondary N) is 1. The van der Waals surface area contributed by atoms with Crippen LogP contribution in [0.1, 0.15) is 12.0 Å². The first-order valence-electron chi connectivity index (χ1n) is 5.21. The molecule has 16 heavy (non-hydrogen) atoms. The summed E-state index contributed by atoms with van der Waals surface area (Å²) in [7, 11) is 3.54. The quantitative estimate of drug-likeness (QED) is 0.922. The van der Waals surface area contributed by atoms with Crippen molar-refractivity contribution in [3.05, 3.63) is 28.2 Å². The highest BCUT2D eigenvalue weighted by molar-refractivity contribution is 9.10. The zero-order valence-electron chi connectivity index (χ0n) is 9.88. The molecule has 0 radical (unpaired) electrons. The Kier molecular flexibility index (Phi) is 4.80. The van der Waals surface area contributed by atoms with E-state index in [1.54, 1.807) is 19.0 Å². The summed E-state index contributed by atoms with van der Waals surface area (Å²) in [5.74, 6) is 0.141. The Labute approximate surface area is 105 Å². The van der Waals surface area contributed by atoms with Crippen LogP contribution < -0.4 is 5.32 Å². The van der Waals surface area contributed by atoms with Crippen LogP contribution in [0.3, 0.4) is 0 Å². The number of nitrogens with zero attached hydrogens (tertiary/aromatic N) is 1. The Morgan fingerprint density at radius 2 is 2.12 bits per heavy atom. The van der Waals surface area contributed by atoms with Crippen LogP contribution in [0.5, 0.6) is 0 Å². The van der Waals surface area contributed by atoms with Gasteiger partial charge in [-0.05, 0) is 30.7 Å². The molecule has 0 bridgehead atoms. The molecule has 0 aliphatic carbocycles. The zero-order valence-corrected chi connectivity index (χ0v) is 11.5. The van der Waals surface area contributed by atoms with Crippen molar-refractivity contribution < 1.29 is 4.79 Å². The molecule has 4 heteroatoms. The highest BCUT2D eigenvalue weighted by Gasteiger charge is 2.03. The van der Waals surface area contributed by atoms with Gasteiger partial charge in [0.2, 0.25) is 5.91 Å². The number of rotatable bonds is 4. The molecule has 0 atom stereocenters. The van der Waals surface area contributed by atoms with Crippen molar-refractivity contribution in [1.29, 1.82) is 0 Å². The number of carbonyl (C=O) groups is 1. The average Bonchev–Trinajstić information content (AvgIpc) is 2.20. The normalized spacial score (nSPS) is 10.0. The van der Waals surface area contributed by atoms with E-state index < -0.39 is 0 Å². The van der Waals surface area contributed by atoms with Crippen LogP contribution in [0.25, 0.3) is 0 Å². The third-order valence-corrected chi connectivity index (χ3v) is 2.83. The summed E-state index contributed by atoms with van der Waals surface area (Å²) in [5, 5.41) is 3.26. The van der Waals surface area contributed by atoms with Gasteiger partial charge < -0.3 is 10.2 Å². The Balaban J connectivity index is 2.46. The number of carbonyl (C=O) groups excluding carboxylic acids is 1. The van der Waals surface area contributed by atoms with Gasteiger partial charge in [-0.25, -0.2) is 0 Å². The van der Waals surface area contributed by atoms with Gasteiger partial charge in [0.25, 0.3) is 0 Å². The molecule has 0 saturated heterocycles. The lowest BCUT2D eigenvalue weighted by molar-refractivity contribution is -0.128. The fourth-order valence-corrected chi connectivity index (χ4v) is 1.83. The van der Waals surface area contributed by atoms with Gasteiger partial charge in [0.05, 0.1) is 0 Å². The summed E-state index contributed by atoms with van der Waals surface area (Å²) in [6, 6.07) is 6.05. The molecule has 0 aliphatic heterocycles. The van der Waals surface area contributed by atoms with E-state index in [-0.39, 0.29) is 5.91 Å². The Morgan fingerprint density at radius 1 is 1.44 bits per heavy atom. The fourth-order valence-electron chi connectivity index (χ4n) is 1.35. The minimum absolute atomic E-state index is 0.141. The van der Waals surface area contributed by atoms with Gasteiger partial charge in [-0.3, -0.25) is 4.79 Å². The average molecular weight is 285 g/mol. The number of halogens is 1. The summed E-state index contributed by atoms with van der Waals surface area (Å²) in [6.45, 7) is 2.71.